The molecular weight excluding hydrogens is 276 g/mol. The van der Waals surface area contributed by atoms with E-state index in [2.05, 4.69) is 53.6 Å². The Hall–Kier alpha value is -0.670. The lowest BCUT2D eigenvalue weighted by Gasteiger charge is -2.39. The molecule has 21 heavy (non-hydrogen) atoms. The van der Waals surface area contributed by atoms with Gasteiger partial charge in [-0.25, -0.2) is 0 Å². The van der Waals surface area contributed by atoms with E-state index in [1.165, 1.54) is 49.7 Å². The number of hydrogen-bond acceptors (Lipinski definition) is 3. The van der Waals surface area contributed by atoms with Gasteiger partial charge >= 0.3 is 0 Å². The van der Waals surface area contributed by atoms with Crippen LogP contribution in [-0.2, 0) is 0 Å². The Morgan fingerprint density at radius 1 is 1.29 bits per heavy atom. The number of nitrogens with zero attached hydrogens (tertiary/aromatic N) is 2. The van der Waals surface area contributed by atoms with E-state index in [-0.39, 0.29) is 0 Å². The molecule has 4 rings (SSSR count). The number of para-hydroxylation sites is 1. The molecule has 2 atom stereocenters. The van der Waals surface area contributed by atoms with Crippen molar-refractivity contribution in [3.05, 3.63) is 23.8 Å². The van der Waals surface area contributed by atoms with Crippen molar-refractivity contribution in [2.75, 3.05) is 36.8 Å². The van der Waals surface area contributed by atoms with Crippen LogP contribution in [0.4, 0.5) is 5.69 Å². The second-order valence-corrected chi connectivity index (χ2v) is 8.34. The van der Waals surface area contributed by atoms with Crippen molar-refractivity contribution in [1.29, 1.82) is 0 Å². The maximum atomic E-state index is 2.77. The van der Waals surface area contributed by atoms with Crippen LogP contribution in [0, 0.1) is 5.92 Å². The number of piperidine rings is 1. The zero-order valence-electron chi connectivity index (χ0n) is 13.2. The molecular formula is C18H26N2S. The van der Waals surface area contributed by atoms with Gasteiger partial charge in [0.25, 0.3) is 0 Å². The molecule has 0 bridgehead atoms. The fraction of sp³-hybridized carbons (Fsp3) is 0.667. The molecule has 0 amide bonds. The third-order valence-corrected chi connectivity index (χ3v) is 6.34. The van der Waals surface area contributed by atoms with Gasteiger partial charge in [0, 0.05) is 43.0 Å². The van der Waals surface area contributed by atoms with Crippen molar-refractivity contribution >= 4 is 17.4 Å². The summed E-state index contributed by atoms with van der Waals surface area (Å²) in [5.74, 6) is 2.80. The molecule has 0 aliphatic carbocycles. The summed E-state index contributed by atoms with van der Waals surface area (Å²) in [5, 5.41) is 0. The maximum Gasteiger partial charge on any atom is 0.0543 e. The second-order valence-electron chi connectivity index (χ2n) is 7.21. The van der Waals surface area contributed by atoms with Crippen molar-refractivity contribution in [3.8, 4) is 0 Å². The Labute approximate surface area is 132 Å². The summed E-state index contributed by atoms with van der Waals surface area (Å²) in [6, 6.07) is 7.80. The molecule has 1 aromatic rings. The van der Waals surface area contributed by atoms with Crippen molar-refractivity contribution in [2.45, 2.75) is 43.5 Å². The van der Waals surface area contributed by atoms with Gasteiger partial charge in [0.15, 0.2) is 0 Å². The normalized spacial score (nSPS) is 28.4. The van der Waals surface area contributed by atoms with Crippen LogP contribution in [0.3, 0.4) is 0 Å². The molecule has 2 nitrogen and oxygen atoms in total. The van der Waals surface area contributed by atoms with Gasteiger partial charge in [-0.15, -0.1) is 11.8 Å². The molecule has 1 aromatic carbocycles. The molecule has 0 N–H and O–H groups in total. The third-order valence-electron chi connectivity index (χ3n) is 5.20. The van der Waals surface area contributed by atoms with E-state index in [1.54, 1.807) is 11.3 Å². The molecule has 3 aliphatic heterocycles. The predicted molar refractivity (Wildman–Crippen MR) is 91.6 cm³/mol. The lowest BCUT2D eigenvalue weighted by molar-refractivity contribution is 0.175. The molecule has 3 aliphatic rings. The summed E-state index contributed by atoms with van der Waals surface area (Å²) in [5.41, 5.74) is 3.24. The summed E-state index contributed by atoms with van der Waals surface area (Å²) >= 11 is 2.07. The minimum atomic E-state index is 0.742. The zero-order chi connectivity index (χ0) is 14.4. The largest absolute Gasteiger partial charge is 0.367 e. The predicted octanol–water partition coefficient (Wildman–Crippen LogP) is 3.82. The monoisotopic (exact) mass is 302 g/mol. The number of likely N-dealkylation sites (tertiary alicyclic amines) is 1. The molecule has 1 saturated heterocycles. The van der Waals surface area contributed by atoms with Crippen LogP contribution in [0.2, 0.25) is 0 Å². The van der Waals surface area contributed by atoms with E-state index in [0.29, 0.717) is 0 Å². The summed E-state index contributed by atoms with van der Waals surface area (Å²) < 4.78 is 0. The van der Waals surface area contributed by atoms with Crippen LogP contribution in [0.5, 0.6) is 0 Å². The lowest BCUT2D eigenvalue weighted by Crippen LogP contribution is -2.47. The summed E-state index contributed by atoms with van der Waals surface area (Å²) in [6.07, 6.45) is 2.67. The Morgan fingerprint density at radius 3 is 3.05 bits per heavy atom. The zero-order valence-corrected chi connectivity index (χ0v) is 14.0. The van der Waals surface area contributed by atoms with Crippen LogP contribution < -0.4 is 4.90 Å². The number of anilines is 1. The highest BCUT2D eigenvalue weighted by Crippen LogP contribution is 2.50. The fourth-order valence-corrected chi connectivity index (χ4v) is 5.53. The first kappa shape index (κ1) is 14.0. The van der Waals surface area contributed by atoms with Crippen LogP contribution in [-0.4, -0.2) is 42.9 Å². The first-order chi connectivity index (χ1) is 10.2. The Morgan fingerprint density at radius 2 is 2.19 bits per heavy atom. The first-order valence-corrected chi connectivity index (χ1v) is 9.47. The molecule has 2 unspecified atom stereocenters. The van der Waals surface area contributed by atoms with Gasteiger partial charge in [-0.1, -0.05) is 26.0 Å². The Kier molecular flexibility index (Phi) is 3.66. The van der Waals surface area contributed by atoms with Crippen LogP contribution in [0.15, 0.2) is 23.1 Å². The molecule has 0 radical (unpaired) electrons. The Balaban J connectivity index is 1.67. The molecule has 0 aromatic heterocycles. The second kappa shape index (κ2) is 5.51. The van der Waals surface area contributed by atoms with Gasteiger partial charge in [0.05, 0.1) is 5.69 Å². The highest BCUT2D eigenvalue weighted by atomic mass is 32.2. The topological polar surface area (TPSA) is 6.48 Å². The van der Waals surface area contributed by atoms with Crippen molar-refractivity contribution in [3.63, 3.8) is 0 Å². The SMILES string of the molecule is CC(C)CN1CCC2C(C1)c1cccc3c1N2CCCS3. The molecule has 3 heteroatoms. The number of rotatable bonds is 2. The van der Waals surface area contributed by atoms with Crippen molar-refractivity contribution < 1.29 is 0 Å². The van der Waals surface area contributed by atoms with Crippen LogP contribution in [0.1, 0.15) is 38.2 Å². The van der Waals surface area contributed by atoms with Gasteiger partial charge in [-0.3, -0.25) is 0 Å². The highest BCUT2D eigenvalue weighted by Gasteiger charge is 2.43. The quantitative estimate of drug-likeness (QED) is 0.820. The van der Waals surface area contributed by atoms with Gasteiger partial charge in [-0.05, 0) is 36.1 Å². The maximum absolute atomic E-state index is 2.77. The average molecular weight is 302 g/mol. The van der Waals surface area contributed by atoms with Gasteiger partial charge < -0.3 is 9.80 Å². The third kappa shape index (κ3) is 2.39. The lowest BCUT2D eigenvalue weighted by atomic mass is 9.88. The van der Waals surface area contributed by atoms with E-state index in [0.717, 1.165) is 17.9 Å². The standard InChI is InChI=1S/C18H26N2S/c1-13(2)11-19-9-7-16-15(12-19)14-5-3-6-17-18(14)20(16)8-4-10-21-17/h3,5-6,13,15-16H,4,7-12H2,1-2H3. The van der Waals surface area contributed by atoms with Crippen molar-refractivity contribution in [2.24, 2.45) is 5.92 Å². The smallest absolute Gasteiger partial charge is 0.0543 e. The van der Waals surface area contributed by atoms with E-state index in [1.807, 2.05) is 0 Å². The van der Waals surface area contributed by atoms with Crippen LogP contribution >= 0.6 is 11.8 Å². The molecule has 0 spiro atoms. The van der Waals surface area contributed by atoms with E-state index >= 15 is 0 Å². The number of hydrogen-bond donors (Lipinski definition) is 0. The molecule has 114 valence electrons. The average Bonchev–Trinajstić information content (AvgIpc) is 2.63. The van der Waals surface area contributed by atoms with Gasteiger partial charge in [0.1, 0.15) is 0 Å². The molecule has 1 fully saturated rings. The first-order valence-electron chi connectivity index (χ1n) is 8.48. The van der Waals surface area contributed by atoms with Crippen LogP contribution in [0.25, 0.3) is 0 Å². The van der Waals surface area contributed by atoms with Gasteiger partial charge in [-0.2, -0.15) is 0 Å². The number of benzene rings is 1. The fourth-order valence-electron chi connectivity index (χ4n) is 4.49. The molecule has 0 saturated carbocycles. The summed E-state index contributed by atoms with van der Waals surface area (Å²) in [6.45, 7) is 9.75. The summed E-state index contributed by atoms with van der Waals surface area (Å²) in [7, 11) is 0. The number of thioether (sulfide) groups is 1. The molecule has 3 heterocycles. The number of fused-ring (bicyclic) bond motifs is 3. The van der Waals surface area contributed by atoms with E-state index in [9.17, 15) is 0 Å². The van der Waals surface area contributed by atoms with E-state index in [4.69, 9.17) is 0 Å². The summed E-state index contributed by atoms with van der Waals surface area (Å²) in [4.78, 5) is 7.00. The van der Waals surface area contributed by atoms with Gasteiger partial charge in [0.2, 0.25) is 0 Å². The Bertz CT molecular complexity index is 528. The van der Waals surface area contributed by atoms with E-state index < -0.39 is 0 Å². The minimum absolute atomic E-state index is 0.742. The van der Waals surface area contributed by atoms with Crippen molar-refractivity contribution in [1.82, 2.24) is 4.90 Å². The minimum Gasteiger partial charge on any atom is -0.367 e. The highest BCUT2D eigenvalue weighted by molar-refractivity contribution is 7.99.